The minimum Gasteiger partial charge on any atom is -0.508 e. The van der Waals surface area contributed by atoms with E-state index < -0.39 is 0 Å². The van der Waals surface area contributed by atoms with E-state index in [9.17, 15) is 9.90 Å². The van der Waals surface area contributed by atoms with Gasteiger partial charge < -0.3 is 15.7 Å². The summed E-state index contributed by atoms with van der Waals surface area (Å²) in [6, 6.07) is 5.54. The Balaban J connectivity index is 1.68. The molecule has 2 aromatic rings. The van der Waals surface area contributed by atoms with Crippen LogP contribution in [-0.4, -0.2) is 11.0 Å². The molecule has 0 saturated heterocycles. The van der Waals surface area contributed by atoms with Crippen LogP contribution in [0.3, 0.4) is 0 Å². The number of fused-ring (bicyclic) bond motifs is 3. The van der Waals surface area contributed by atoms with E-state index in [1.165, 1.54) is 23.3 Å². The average Bonchev–Trinajstić information content (AvgIpc) is 2.92. The van der Waals surface area contributed by atoms with Crippen LogP contribution in [0, 0.1) is 12.8 Å². The van der Waals surface area contributed by atoms with E-state index in [4.69, 9.17) is 0 Å². The number of carbonyl (C=O) groups excluding carboxylic acids is 1. The lowest BCUT2D eigenvalue weighted by Gasteiger charge is -2.27. The van der Waals surface area contributed by atoms with Gasteiger partial charge in [-0.2, -0.15) is 0 Å². The number of benzene rings is 1. The van der Waals surface area contributed by atoms with E-state index in [0.29, 0.717) is 5.56 Å². The summed E-state index contributed by atoms with van der Waals surface area (Å²) in [5.74, 6) is 0.919. The molecule has 1 amide bonds. The molecule has 0 spiro atoms. The van der Waals surface area contributed by atoms with Crippen molar-refractivity contribution in [1.82, 2.24) is 5.32 Å². The van der Waals surface area contributed by atoms with E-state index >= 15 is 0 Å². The van der Waals surface area contributed by atoms with Gasteiger partial charge in [-0.05, 0) is 49.3 Å². The topological polar surface area (TPSA) is 61.4 Å². The standard InChI is InChI=1S/C19H22N2O2S/c1-3-11-5-7-13-15(9-11)24-19-16(13)18(23)20-17(21-19)12-6-4-10(2)8-14(12)22/h4,6,8,11,17,21-22H,3,5,7,9H2,1-2H3,(H,20,23)/t11-,17-/m1/s1. The van der Waals surface area contributed by atoms with Gasteiger partial charge in [-0.25, -0.2) is 0 Å². The van der Waals surface area contributed by atoms with Crippen molar-refractivity contribution in [2.24, 2.45) is 5.92 Å². The van der Waals surface area contributed by atoms with Gasteiger partial charge in [-0.1, -0.05) is 25.5 Å². The molecule has 126 valence electrons. The average molecular weight is 342 g/mol. The second-order valence-corrected chi connectivity index (χ2v) is 7.94. The fourth-order valence-electron chi connectivity index (χ4n) is 3.77. The lowest BCUT2D eigenvalue weighted by Crippen LogP contribution is -2.38. The summed E-state index contributed by atoms with van der Waals surface area (Å²) in [5, 5.41) is 17.6. The number of aryl methyl sites for hydroxylation is 1. The molecular formula is C19H22N2O2S. The Hall–Kier alpha value is -2.01. The maximum absolute atomic E-state index is 12.7. The van der Waals surface area contributed by atoms with Crippen molar-refractivity contribution < 1.29 is 9.90 Å². The van der Waals surface area contributed by atoms with E-state index in [2.05, 4.69) is 17.6 Å². The summed E-state index contributed by atoms with van der Waals surface area (Å²) in [6.45, 7) is 4.18. The highest BCUT2D eigenvalue weighted by molar-refractivity contribution is 7.16. The number of rotatable bonds is 2. The van der Waals surface area contributed by atoms with Crippen LogP contribution in [0.1, 0.15) is 57.9 Å². The number of anilines is 1. The second kappa shape index (κ2) is 5.81. The van der Waals surface area contributed by atoms with Gasteiger partial charge in [0.2, 0.25) is 0 Å². The van der Waals surface area contributed by atoms with Gasteiger partial charge in [0.05, 0.1) is 5.56 Å². The third kappa shape index (κ3) is 2.47. The molecule has 1 aromatic heterocycles. The third-order valence-electron chi connectivity index (χ3n) is 5.22. The molecule has 1 aliphatic heterocycles. The van der Waals surface area contributed by atoms with Crippen LogP contribution >= 0.6 is 11.3 Å². The van der Waals surface area contributed by atoms with E-state index in [1.54, 1.807) is 17.4 Å². The van der Waals surface area contributed by atoms with Crippen molar-refractivity contribution in [3.8, 4) is 5.75 Å². The Labute approximate surface area is 145 Å². The summed E-state index contributed by atoms with van der Waals surface area (Å²) in [5.41, 5.74) is 3.76. The first-order valence-corrected chi connectivity index (χ1v) is 9.40. The molecule has 0 bridgehead atoms. The van der Waals surface area contributed by atoms with Crippen LogP contribution in [0.4, 0.5) is 5.00 Å². The predicted molar refractivity (Wildman–Crippen MR) is 96.8 cm³/mol. The van der Waals surface area contributed by atoms with Crippen LogP contribution in [0.15, 0.2) is 18.2 Å². The summed E-state index contributed by atoms with van der Waals surface area (Å²) >= 11 is 1.71. The van der Waals surface area contributed by atoms with Gasteiger partial charge in [0.1, 0.15) is 16.9 Å². The Kier molecular flexibility index (Phi) is 3.76. The summed E-state index contributed by atoms with van der Waals surface area (Å²) in [6.07, 6.45) is 4.06. The van der Waals surface area contributed by atoms with Crippen molar-refractivity contribution >= 4 is 22.2 Å². The van der Waals surface area contributed by atoms with Gasteiger partial charge in [0.25, 0.3) is 5.91 Å². The normalized spacial score (nSPS) is 22.3. The zero-order chi connectivity index (χ0) is 16.8. The second-order valence-electron chi connectivity index (χ2n) is 6.84. The van der Waals surface area contributed by atoms with Gasteiger partial charge in [-0.15, -0.1) is 11.3 Å². The molecule has 24 heavy (non-hydrogen) atoms. The maximum atomic E-state index is 12.7. The molecule has 1 aromatic carbocycles. The predicted octanol–water partition coefficient (Wildman–Crippen LogP) is 4.13. The fourth-order valence-corrected chi connectivity index (χ4v) is 5.16. The smallest absolute Gasteiger partial charge is 0.256 e. The highest BCUT2D eigenvalue weighted by atomic mass is 32.1. The molecule has 0 radical (unpaired) electrons. The van der Waals surface area contributed by atoms with E-state index in [0.717, 1.165) is 34.9 Å². The molecule has 5 heteroatoms. The Bertz CT molecular complexity index is 812. The lowest BCUT2D eigenvalue weighted by molar-refractivity contribution is 0.0935. The molecule has 0 fully saturated rings. The van der Waals surface area contributed by atoms with Gasteiger partial charge in [0, 0.05) is 10.4 Å². The van der Waals surface area contributed by atoms with Gasteiger partial charge in [0.15, 0.2) is 0 Å². The molecule has 0 saturated carbocycles. The van der Waals surface area contributed by atoms with Gasteiger partial charge in [-0.3, -0.25) is 4.79 Å². The first-order valence-electron chi connectivity index (χ1n) is 8.58. The Morgan fingerprint density at radius 2 is 2.17 bits per heavy atom. The van der Waals surface area contributed by atoms with E-state index in [1.807, 2.05) is 19.1 Å². The monoisotopic (exact) mass is 342 g/mol. The molecule has 4 rings (SSSR count). The van der Waals surface area contributed by atoms with E-state index in [-0.39, 0.29) is 17.8 Å². The Morgan fingerprint density at radius 1 is 1.33 bits per heavy atom. The number of hydrogen-bond acceptors (Lipinski definition) is 4. The van der Waals surface area contributed by atoms with Crippen molar-refractivity contribution in [2.75, 3.05) is 5.32 Å². The molecule has 4 nitrogen and oxygen atoms in total. The SMILES string of the molecule is CC[C@@H]1CCc2c(sc3c2C(=O)N[C@@H](c2ccc(C)cc2O)N3)C1. The minimum absolute atomic E-state index is 0.0267. The highest BCUT2D eigenvalue weighted by Crippen LogP contribution is 2.43. The van der Waals surface area contributed by atoms with Crippen molar-refractivity contribution in [1.29, 1.82) is 0 Å². The largest absolute Gasteiger partial charge is 0.508 e. The lowest BCUT2D eigenvalue weighted by atomic mass is 9.85. The number of phenols is 1. The number of amides is 1. The molecule has 0 unspecified atom stereocenters. The number of thiophene rings is 1. The molecule has 2 heterocycles. The van der Waals surface area contributed by atoms with Crippen molar-refractivity contribution in [2.45, 2.75) is 45.7 Å². The van der Waals surface area contributed by atoms with Crippen LogP contribution < -0.4 is 10.6 Å². The highest BCUT2D eigenvalue weighted by Gasteiger charge is 2.34. The quantitative estimate of drug-likeness (QED) is 0.769. The zero-order valence-corrected chi connectivity index (χ0v) is 14.8. The summed E-state index contributed by atoms with van der Waals surface area (Å²) in [7, 11) is 0. The van der Waals surface area contributed by atoms with Crippen LogP contribution in [-0.2, 0) is 12.8 Å². The molecular weight excluding hydrogens is 320 g/mol. The number of nitrogens with one attached hydrogen (secondary N) is 2. The fraction of sp³-hybridized carbons (Fsp3) is 0.421. The first kappa shape index (κ1) is 15.5. The van der Waals surface area contributed by atoms with Crippen LogP contribution in [0.5, 0.6) is 5.75 Å². The minimum atomic E-state index is -0.382. The zero-order valence-electron chi connectivity index (χ0n) is 14.0. The number of phenolic OH excluding ortho intramolecular Hbond substituents is 1. The third-order valence-corrected chi connectivity index (χ3v) is 6.41. The van der Waals surface area contributed by atoms with Crippen molar-refractivity contribution in [3.05, 3.63) is 45.3 Å². The maximum Gasteiger partial charge on any atom is 0.256 e. The summed E-state index contributed by atoms with van der Waals surface area (Å²) in [4.78, 5) is 14.1. The molecule has 2 atom stereocenters. The van der Waals surface area contributed by atoms with Crippen LogP contribution in [0.25, 0.3) is 0 Å². The number of hydrogen-bond donors (Lipinski definition) is 3. The number of carbonyl (C=O) groups is 1. The van der Waals surface area contributed by atoms with Gasteiger partial charge >= 0.3 is 0 Å². The molecule has 1 aliphatic carbocycles. The first-order chi connectivity index (χ1) is 11.6. The number of aromatic hydroxyl groups is 1. The van der Waals surface area contributed by atoms with Crippen LogP contribution in [0.2, 0.25) is 0 Å². The molecule has 3 N–H and O–H groups in total. The van der Waals surface area contributed by atoms with Crippen molar-refractivity contribution in [3.63, 3.8) is 0 Å². The Morgan fingerprint density at radius 3 is 2.92 bits per heavy atom. The molecule has 2 aliphatic rings. The summed E-state index contributed by atoms with van der Waals surface area (Å²) < 4.78 is 0.